The Bertz CT molecular complexity index is 905. The van der Waals surface area contributed by atoms with E-state index in [-0.39, 0.29) is 19.0 Å². The second kappa shape index (κ2) is 7.70. The van der Waals surface area contributed by atoms with Crippen molar-refractivity contribution in [2.45, 2.75) is 20.8 Å². The van der Waals surface area contributed by atoms with Gasteiger partial charge in [0.1, 0.15) is 11.5 Å². The van der Waals surface area contributed by atoms with Crippen molar-refractivity contribution in [1.82, 2.24) is 0 Å². The summed E-state index contributed by atoms with van der Waals surface area (Å²) in [6.07, 6.45) is 2.12. The lowest BCUT2D eigenvalue weighted by atomic mass is 9.91. The van der Waals surface area contributed by atoms with Crippen molar-refractivity contribution in [1.29, 1.82) is 0 Å². The zero-order valence-corrected chi connectivity index (χ0v) is 13.9. The molecule has 2 aromatic rings. The smallest absolute Gasteiger partial charge is 0.210 e. The van der Waals surface area contributed by atoms with Gasteiger partial charge in [-0.15, -0.1) is 0 Å². The van der Waals surface area contributed by atoms with Gasteiger partial charge in [-0.05, 0) is 55.0 Å². The standard InChI is InChI=1S/C20H19N3O2.CH4/c1-12-19(24)14(10-13-2-4-15(21)5-3-13)11-18(20(12)25)23-17-8-6-16(22)7-9-17;/h2-9,11,24H,10,21-22H2,1H3;1H4. The summed E-state index contributed by atoms with van der Waals surface area (Å²) in [7, 11) is 0. The second-order valence-electron chi connectivity index (χ2n) is 5.98. The highest BCUT2D eigenvalue weighted by Crippen LogP contribution is 2.25. The molecule has 0 bridgehead atoms. The van der Waals surface area contributed by atoms with Crippen LogP contribution in [0.3, 0.4) is 0 Å². The third-order valence-corrected chi connectivity index (χ3v) is 4.06. The van der Waals surface area contributed by atoms with E-state index in [4.69, 9.17) is 11.5 Å². The molecule has 26 heavy (non-hydrogen) atoms. The average Bonchev–Trinajstić information content (AvgIpc) is 2.61. The van der Waals surface area contributed by atoms with Crippen LogP contribution < -0.4 is 11.5 Å². The number of allylic oxidation sites excluding steroid dienone is 3. The Kier molecular flexibility index (Phi) is 5.62. The highest BCUT2D eigenvalue weighted by molar-refractivity contribution is 6.51. The number of hydrogen-bond donors (Lipinski definition) is 3. The third-order valence-electron chi connectivity index (χ3n) is 4.06. The molecular formula is C21H23N3O2. The Hall–Kier alpha value is -3.34. The summed E-state index contributed by atoms with van der Waals surface area (Å²) in [5, 5.41) is 10.3. The number of anilines is 2. The van der Waals surface area contributed by atoms with Gasteiger partial charge < -0.3 is 16.6 Å². The van der Waals surface area contributed by atoms with E-state index < -0.39 is 0 Å². The summed E-state index contributed by atoms with van der Waals surface area (Å²) in [6, 6.07) is 14.4. The monoisotopic (exact) mass is 349 g/mol. The lowest BCUT2D eigenvalue weighted by Gasteiger charge is -2.16. The highest BCUT2D eigenvalue weighted by atomic mass is 16.3. The molecule has 0 unspecified atom stereocenters. The first-order chi connectivity index (χ1) is 11.9. The molecule has 0 spiro atoms. The van der Waals surface area contributed by atoms with Crippen LogP contribution in [0.4, 0.5) is 17.1 Å². The lowest BCUT2D eigenvalue weighted by molar-refractivity contribution is -0.109. The molecule has 134 valence electrons. The number of carbonyl (C=O) groups is 1. The first-order valence-corrected chi connectivity index (χ1v) is 7.88. The summed E-state index contributed by atoms with van der Waals surface area (Å²) in [4.78, 5) is 16.8. The molecule has 0 atom stereocenters. The number of aliphatic hydroxyl groups is 1. The fourth-order valence-electron chi connectivity index (χ4n) is 2.60. The minimum atomic E-state index is -0.282. The molecule has 0 fully saturated rings. The number of hydrogen-bond acceptors (Lipinski definition) is 5. The SMILES string of the molecule is C.CC1=C(O)C(Cc2ccc(N)cc2)=CC(=Nc2ccc(N)cc2)C1=O. The third kappa shape index (κ3) is 4.00. The topological polar surface area (TPSA) is 102 Å². The number of nitrogens with two attached hydrogens (primary N) is 2. The molecule has 2 aromatic carbocycles. The van der Waals surface area contributed by atoms with Gasteiger partial charge in [0.2, 0.25) is 5.78 Å². The number of carbonyl (C=O) groups excluding carboxylic acids is 1. The summed E-state index contributed by atoms with van der Waals surface area (Å²) in [5.41, 5.74) is 15.5. The Labute approximate surface area is 153 Å². The van der Waals surface area contributed by atoms with Gasteiger partial charge >= 0.3 is 0 Å². The molecule has 0 amide bonds. The normalized spacial score (nSPS) is 15.7. The van der Waals surface area contributed by atoms with Crippen LogP contribution in [0.25, 0.3) is 0 Å². The Morgan fingerprint density at radius 2 is 1.50 bits per heavy atom. The number of rotatable bonds is 3. The maximum atomic E-state index is 12.4. The number of aliphatic imine (C=N–C) groups is 1. The minimum absolute atomic E-state index is 0. The summed E-state index contributed by atoms with van der Waals surface area (Å²) >= 11 is 0. The molecule has 0 heterocycles. The van der Waals surface area contributed by atoms with Crippen molar-refractivity contribution in [2.24, 2.45) is 4.99 Å². The molecule has 3 rings (SSSR count). The second-order valence-corrected chi connectivity index (χ2v) is 5.98. The van der Waals surface area contributed by atoms with Crippen LogP contribution in [0.1, 0.15) is 19.9 Å². The summed E-state index contributed by atoms with van der Waals surface area (Å²) in [5.74, 6) is -0.270. The molecule has 0 saturated heterocycles. The zero-order chi connectivity index (χ0) is 18.0. The van der Waals surface area contributed by atoms with Crippen LogP contribution in [-0.4, -0.2) is 16.6 Å². The summed E-state index contributed by atoms with van der Waals surface area (Å²) in [6.45, 7) is 1.60. The Morgan fingerprint density at radius 1 is 0.962 bits per heavy atom. The Morgan fingerprint density at radius 3 is 2.08 bits per heavy atom. The number of aliphatic hydroxyl groups excluding tert-OH is 1. The van der Waals surface area contributed by atoms with Crippen LogP contribution in [0.5, 0.6) is 0 Å². The van der Waals surface area contributed by atoms with E-state index in [1.165, 1.54) is 0 Å². The fraction of sp³-hybridized carbons (Fsp3) is 0.143. The molecule has 0 radical (unpaired) electrons. The minimum Gasteiger partial charge on any atom is -0.507 e. The van der Waals surface area contributed by atoms with Crippen LogP contribution in [-0.2, 0) is 11.2 Å². The van der Waals surface area contributed by atoms with Crippen LogP contribution in [0.15, 0.2) is 76.5 Å². The zero-order valence-electron chi connectivity index (χ0n) is 13.9. The molecule has 5 nitrogen and oxygen atoms in total. The van der Waals surface area contributed by atoms with Crippen LogP contribution in [0.2, 0.25) is 0 Å². The molecule has 0 aliphatic heterocycles. The van der Waals surface area contributed by atoms with Gasteiger partial charge in [0.05, 0.1) is 5.69 Å². The predicted molar refractivity (Wildman–Crippen MR) is 108 cm³/mol. The molecule has 5 N–H and O–H groups in total. The highest BCUT2D eigenvalue weighted by Gasteiger charge is 2.24. The van der Waals surface area contributed by atoms with Crippen molar-refractivity contribution in [2.75, 3.05) is 11.5 Å². The van der Waals surface area contributed by atoms with Crippen LogP contribution in [0, 0.1) is 0 Å². The van der Waals surface area contributed by atoms with Gasteiger partial charge in [0, 0.05) is 28.9 Å². The maximum absolute atomic E-state index is 12.4. The molecular weight excluding hydrogens is 326 g/mol. The lowest BCUT2D eigenvalue weighted by Crippen LogP contribution is -2.21. The van der Waals surface area contributed by atoms with Gasteiger partial charge in [-0.25, -0.2) is 4.99 Å². The largest absolute Gasteiger partial charge is 0.507 e. The van der Waals surface area contributed by atoms with Crippen molar-refractivity contribution in [3.63, 3.8) is 0 Å². The summed E-state index contributed by atoms with van der Waals surface area (Å²) < 4.78 is 0. The maximum Gasteiger partial charge on any atom is 0.210 e. The number of nitrogen functional groups attached to an aromatic ring is 2. The number of Topliss-reactive ketones (excluding diaryl/α,β-unsaturated/α-hetero) is 1. The van der Waals surface area contributed by atoms with Gasteiger partial charge in [0.15, 0.2) is 0 Å². The van der Waals surface area contributed by atoms with E-state index in [0.29, 0.717) is 40.3 Å². The quantitative estimate of drug-likeness (QED) is 0.572. The van der Waals surface area contributed by atoms with E-state index in [0.717, 1.165) is 5.56 Å². The number of ketones is 1. The average molecular weight is 349 g/mol. The molecule has 1 aliphatic carbocycles. The van der Waals surface area contributed by atoms with Gasteiger partial charge in [-0.2, -0.15) is 0 Å². The molecule has 5 heteroatoms. The number of nitrogens with zero attached hydrogens (tertiary/aromatic N) is 1. The first-order valence-electron chi connectivity index (χ1n) is 7.88. The van der Waals surface area contributed by atoms with E-state index in [1.807, 2.05) is 12.1 Å². The Balaban J connectivity index is 0.00000243. The van der Waals surface area contributed by atoms with E-state index in [1.54, 1.807) is 49.4 Å². The molecule has 0 saturated carbocycles. The molecule has 1 aliphatic rings. The van der Waals surface area contributed by atoms with Crippen molar-refractivity contribution in [3.8, 4) is 0 Å². The van der Waals surface area contributed by atoms with Crippen molar-refractivity contribution in [3.05, 3.63) is 77.1 Å². The van der Waals surface area contributed by atoms with Crippen LogP contribution >= 0.6 is 0 Å². The first kappa shape index (κ1) is 19.0. The van der Waals surface area contributed by atoms with E-state index in [2.05, 4.69) is 4.99 Å². The van der Waals surface area contributed by atoms with Gasteiger partial charge in [0.25, 0.3) is 0 Å². The fourth-order valence-corrected chi connectivity index (χ4v) is 2.60. The van der Waals surface area contributed by atoms with Gasteiger partial charge in [-0.1, -0.05) is 19.6 Å². The van der Waals surface area contributed by atoms with E-state index in [9.17, 15) is 9.90 Å². The molecule has 0 aromatic heterocycles. The van der Waals surface area contributed by atoms with Crippen molar-refractivity contribution >= 4 is 28.6 Å². The van der Waals surface area contributed by atoms with Gasteiger partial charge in [-0.3, -0.25) is 4.79 Å². The number of benzene rings is 2. The predicted octanol–water partition coefficient (Wildman–Crippen LogP) is 4.14. The van der Waals surface area contributed by atoms with E-state index >= 15 is 0 Å². The van der Waals surface area contributed by atoms with Crippen molar-refractivity contribution < 1.29 is 9.90 Å².